The number of ether oxygens (including phenoxy) is 1. The van der Waals surface area contributed by atoms with E-state index in [1.165, 1.54) is 29.5 Å². The van der Waals surface area contributed by atoms with Crippen LogP contribution in [0, 0.1) is 0 Å². The van der Waals surface area contributed by atoms with E-state index in [1.807, 2.05) is 12.1 Å². The highest BCUT2D eigenvalue weighted by atomic mass is 35.5. The Morgan fingerprint density at radius 2 is 1.86 bits per heavy atom. The van der Waals surface area contributed by atoms with Crippen molar-refractivity contribution >= 4 is 11.6 Å². The van der Waals surface area contributed by atoms with Crippen molar-refractivity contribution in [1.82, 2.24) is 0 Å². The Labute approximate surface area is 131 Å². The predicted octanol–water partition coefficient (Wildman–Crippen LogP) is 4.75. The lowest BCUT2D eigenvalue weighted by Gasteiger charge is -2.38. The van der Waals surface area contributed by atoms with E-state index < -0.39 is 0 Å². The van der Waals surface area contributed by atoms with Crippen LogP contribution in [0.3, 0.4) is 0 Å². The van der Waals surface area contributed by atoms with Gasteiger partial charge in [-0.05, 0) is 48.4 Å². The fraction of sp³-hybridized carbons (Fsp3) is 0.368. The molecule has 1 nitrogen and oxygen atoms in total. The molecular formula is C19H21ClO. The first-order valence-corrected chi connectivity index (χ1v) is 8.09. The summed E-state index contributed by atoms with van der Waals surface area (Å²) in [6.07, 6.45) is 4.46. The summed E-state index contributed by atoms with van der Waals surface area (Å²) in [5, 5.41) is 0. The molecule has 2 aromatic rings. The molecule has 0 aliphatic heterocycles. The molecule has 0 fully saturated rings. The smallest absolute Gasteiger partial charge is 0.122 e. The number of halogens is 1. The van der Waals surface area contributed by atoms with Crippen LogP contribution >= 0.6 is 11.6 Å². The van der Waals surface area contributed by atoms with Crippen molar-refractivity contribution in [2.45, 2.75) is 31.1 Å². The lowest BCUT2D eigenvalue weighted by molar-refractivity contribution is 0.375. The Bertz CT molecular complexity index is 622. The number of benzene rings is 2. The molecule has 110 valence electrons. The lowest BCUT2D eigenvalue weighted by Crippen LogP contribution is -2.35. The van der Waals surface area contributed by atoms with E-state index in [9.17, 15) is 0 Å². The average molecular weight is 301 g/mol. The minimum absolute atomic E-state index is 0.0328. The summed E-state index contributed by atoms with van der Waals surface area (Å²) < 4.78 is 5.52. The Kier molecular flexibility index (Phi) is 4.21. The van der Waals surface area contributed by atoms with Gasteiger partial charge in [0.1, 0.15) is 5.75 Å². The van der Waals surface area contributed by atoms with Crippen LogP contribution in [0.15, 0.2) is 48.5 Å². The summed E-state index contributed by atoms with van der Waals surface area (Å²) in [4.78, 5) is 0. The third-order valence-corrected chi connectivity index (χ3v) is 5.18. The number of aryl methyl sites for hydroxylation is 1. The molecule has 0 N–H and O–H groups in total. The quantitative estimate of drug-likeness (QED) is 0.740. The van der Waals surface area contributed by atoms with E-state index in [0.717, 1.165) is 18.6 Å². The van der Waals surface area contributed by atoms with Gasteiger partial charge in [0.25, 0.3) is 0 Å². The van der Waals surface area contributed by atoms with Gasteiger partial charge in [-0.15, -0.1) is 11.6 Å². The number of hydrogen-bond acceptors (Lipinski definition) is 1. The zero-order chi connectivity index (χ0) is 14.7. The first-order chi connectivity index (χ1) is 10.3. The molecule has 0 amide bonds. The first-order valence-electron chi connectivity index (χ1n) is 7.55. The molecule has 0 heterocycles. The predicted molar refractivity (Wildman–Crippen MR) is 88.5 cm³/mol. The number of alkyl halides is 1. The number of hydrogen-bond donors (Lipinski definition) is 0. The maximum atomic E-state index is 6.47. The van der Waals surface area contributed by atoms with Crippen molar-refractivity contribution in [1.29, 1.82) is 0 Å². The van der Waals surface area contributed by atoms with E-state index in [4.69, 9.17) is 16.3 Å². The van der Waals surface area contributed by atoms with Crippen molar-refractivity contribution in [3.05, 3.63) is 65.2 Å². The van der Waals surface area contributed by atoms with Crippen LogP contribution in [0.5, 0.6) is 5.75 Å². The van der Waals surface area contributed by atoms with E-state index >= 15 is 0 Å². The zero-order valence-corrected chi connectivity index (χ0v) is 13.2. The molecule has 0 saturated heterocycles. The third kappa shape index (κ3) is 2.67. The second-order valence-corrected chi connectivity index (χ2v) is 6.18. The number of fused-ring (bicyclic) bond motifs is 1. The van der Waals surface area contributed by atoms with Crippen LogP contribution < -0.4 is 4.74 Å². The molecule has 1 unspecified atom stereocenters. The Hall–Kier alpha value is -1.47. The average Bonchev–Trinajstić information content (AvgIpc) is 2.55. The van der Waals surface area contributed by atoms with Crippen molar-refractivity contribution < 1.29 is 4.74 Å². The summed E-state index contributed by atoms with van der Waals surface area (Å²) >= 11 is 6.47. The molecule has 1 aliphatic carbocycles. The first kappa shape index (κ1) is 14.5. The van der Waals surface area contributed by atoms with Gasteiger partial charge in [-0.3, -0.25) is 0 Å². The minimum Gasteiger partial charge on any atom is -0.496 e. The largest absolute Gasteiger partial charge is 0.496 e. The van der Waals surface area contributed by atoms with Gasteiger partial charge >= 0.3 is 0 Å². The molecule has 0 bridgehead atoms. The molecule has 3 rings (SSSR count). The van der Waals surface area contributed by atoms with Gasteiger partial charge in [0.15, 0.2) is 0 Å². The van der Waals surface area contributed by atoms with Gasteiger partial charge < -0.3 is 4.74 Å². The highest BCUT2D eigenvalue weighted by molar-refractivity contribution is 6.18. The Morgan fingerprint density at radius 1 is 1.10 bits per heavy atom. The highest BCUT2D eigenvalue weighted by Crippen LogP contribution is 2.42. The SMILES string of the molecule is COc1ccccc1CC1(CCl)CCCc2ccccc21. The lowest BCUT2D eigenvalue weighted by atomic mass is 9.68. The van der Waals surface area contributed by atoms with Crippen molar-refractivity contribution in [3.63, 3.8) is 0 Å². The molecule has 0 radical (unpaired) electrons. The monoisotopic (exact) mass is 300 g/mol. The van der Waals surface area contributed by atoms with Crippen LogP contribution in [0.25, 0.3) is 0 Å². The maximum Gasteiger partial charge on any atom is 0.122 e. The number of rotatable bonds is 4. The summed E-state index contributed by atoms with van der Waals surface area (Å²) in [7, 11) is 1.74. The van der Waals surface area contributed by atoms with Gasteiger partial charge in [-0.1, -0.05) is 42.5 Å². The second-order valence-electron chi connectivity index (χ2n) is 5.91. The molecule has 2 aromatic carbocycles. The molecule has 0 spiro atoms. The summed E-state index contributed by atoms with van der Waals surface area (Å²) in [6.45, 7) is 0. The van der Waals surface area contributed by atoms with Gasteiger partial charge in [0.2, 0.25) is 0 Å². The molecule has 21 heavy (non-hydrogen) atoms. The molecule has 1 aliphatic rings. The Balaban J connectivity index is 2.02. The minimum atomic E-state index is 0.0328. The van der Waals surface area contributed by atoms with Crippen LogP contribution in [0.2, 0.25) is 0 Å². The molecule has 1 atom stereocenters. The normalized spacial score (nSPS) is 20.9. The van der Waals surface area contributed by atoms with Gasteiger partial charge in [-0.2, -0.15) is 0 Å². The molecule has 2 heteroatoms. The molecular weight excluding hydrogens is 280 g/mol. The Morgan fingerprint density at radius 3 is 2.67 bits per heavy atom. The summed E-state index contributed by atoms with van der Waals surface area (Å²) in [5.41, 5.74) is 4.17. The van der Waals surface area contributed by atoms with Gasteiger partial charge in [-0.25, -0.2) is 0 Å². The summed E-state index contributed by atoms with van der Waals surface area (Å²) in [6, 6.07) is 17.1. The molecule has 0 saturated carbocycles. The van der Waals surface area contributed by atoms with Crippen LogP contribution in [-0.2, 0) is 18.3 Å². The standard InChI is InChI=1S/C19H21ClO/c1-21-18-11-5-3-8-16(18)13-19(14-20)12-6-9-15-7-2-4-10-17(15)19/h2-5,7-8,10-11H,6,9,12-14H2,1H3. The van der Waals surface area contributed by atoms with Crippen LogP contribution in [0.4, 0.5) is 0 Å². The topological polar surface area (TPSA) is 9.23 Å². The van der Waals surface area contributed by atoms with Crippen molar-refractivity contribution in [3.8, 4) is 5.75 Å². The molecule has 0 aromatic heterocycles. The van der Waals surface area contributed by atoms with E-state index in [-0.39, 0.29) is 5.41 Å². The zero-order valence-electron chi connectivity index (χ0n) is 12.4. The maximum absolute atomic E-state index is 6.47. The van der Waals surface area contributed by atoms with Crippen LogP contribution in [0.1, 0.15) is 29.5 Å². The van der Waals surface area contributed by atoms with Crippen molar-refractivity contribution in [2.24, 2.45) is 0 Å². The summed E-state index contributed by atoms with van der Waals surface area (Å²) in [5.74, 6) is 1.62. The number of methoxy groups -OCH3 is 1. The van der Waals surface area contributed by atoms with E-state index in [0.29, 0.717) is 5.88 Å². The van der Waals surface area contributed by atoms with Gasteiger partial charge in [0, 0.05) is 11.3 Å². The van der Waals surface area contributed by atoms with Crippen LogP contribution in [-0.4, -0.2) is 13.0 Å². The fourth-order valence-electron chi connectivity index (χ4n) is 3.59. The van der Waals surface area contributed by atoms with Gasteiger partial charge in [0.05, 0.1) is 7.11 Å². The third-order valence-electron chi connectivity index (χ3n) is 4.67. The number of para-hydroxylation sites is 1. The van der Waals surface area contributed by atoms with Crippen molar-refractivity contribution in [2.75, 3.05) is 13.0 Å². The highest BCUT2D eigenvalue weighted by Gasteiger charge is 2.36. The second kappa shape index (κ2) is 6.11. The fourth-order valence-corrected chi connectivity index (χ4v) is 3.96. The van der Waals surface area contributed by atoms with E-state index in [2.05, 4.69) is 36.4 Å². The van der Waals surface area contributed by atoms with E-state index in [1.54, 1.807) is 7.11 Å².